The van der Waals surface area contributed by atoms with Crippen molar-refractivity contribution in [2.45, 2.75) is 19.4 Å². The minimum absolute atomic E-state index is 0.366. The summed E-state index contributed by atoms with van der Waals surface area (Å²) in [5, 5.41) is 9.06. The molecule has 3 nitrogen and oxygen atoms in total. The third-order valence-electron chi connectivity index (χ3n) is 4.09. The van der Waals surface area contributed by atoms with Crippen LogP contribution in [0.25, 0.3) is 0 Å². The lowest BCUT2D eigenvalue weighted by Gasteiger charge is -2.19. The molecule has 1 heterocycles. The molecular weight excluding hydrogens is 262 g/mol. The van der Waals surface area contributed by atoms with Gasteiger partial charge in [-0.3, -0.25) is 4.90 Å². The van der Waals surface area contributed by atoms with Crippen LogP contribution in [0.5, 0.6) is 0 Å². The smallest absolute Gasteiger partial charge is 0.335 e. The molecule has 0 bridgehead atoms. The molecule has 1 aliphatic heterocycles. The summed E-state index contributed by atoms with van der Waals surface area (Å²) in [6, 6.07) is 15.9. The van der Waals surface area contributed by atoms with Crippen LogP contribution < -0.4 is 0 Å². The molecular formula is C18H19NO2. The van der Waals surface area contributed by atoms with Crippen LogP contribution in [-0.2, 0) is 19.4 Å². The first kappa shape index (κ1) is 13.8. The van der Waals surface area contributed by atoms with E-state index < -0.39 is 5.97 Å². The summed E-state index contributed by atoms with van der Waals surface area (Å²) >= 11 is 0. The molecule has 0 aromatic heterocycles. The second-order valence-electron chi connectivity index (χ2n) is 5.55. The van der Waals surface area contributed by atoms with Crippen molar-refractivity contribution in [2.24, 2.45) is 0 Å². The molecule has 3 heteroatoms. The molecule has 0 saturated carbocycles. The van der Waals surface area contributed by atoms with Gasteiger partial charge in [-0.05, 0) is 41.7 Å². The van der Waals surface area contributed by atoms with Gasteiger partial charge in [0.1, 0.15) is 0 Å². The molecule has 1 N–H and O–H groups in total. The van der Waals surface area contributed by atoms with Crippen molar-refractivity contribution >= 4 is 5.97 Å². The highest BCUT2D eigenvalue weighted by atomic mass is 16.4. The summed E-state index contributed by atoms with van der Waals surface area (Å²) in [5.74, 6) is -0.861. The number of carboxylic acid groups (broad SMARTS) is 1. The van der Waals surface area contributed by atoms with E-state index in [1.807, 2.05) is 12.1 Å². The number of benzene rings is 2. The molecule has 0 radical (unpaired) electrons. The van der Waals surface area contributed by atoms with Gasteiger partial charge in [0.15, 0.2) is 0 Å². The van der Waals surface area contributed by atoms with Crippen molar-refractivity contribution in [3.05, 3.63) is 70.8 Å². The first-order chi connectivity index (χ1) is 10.2. The average Bonchev–Trinajstić information content (AvgIpc) is 2.70. The Hall–Kier alpha value is -2.13. The Kier molecular flexibility index (Phi) is 4.02. The molecule has 0 saturated heterocycles. The molecule has 3 rings (SSSR count). The maximum absolute atomic E-state index is 11.0. The molecule has 2 aromatic rings. The number of carbonyl (C=O) groups is 1. The third-order valence-corrected chi connectivity index (χ3v) is 4.09. The van der Waals surface area contributed by atoms with Crippen LogP contribution in [0.1, 0.15) is 27.0 Å². The quantitative estimate of drug-likeness (QED) is 0.940. The maximum atomic E-state index is 11.0. The Morgan fingerprint density at radius 2 is 1.67 bits per heavy atom. The summed E-state index contributed by atoms with van der Waals surface area (Å²) in [7, 11) is 0. The average molecular weight is 281 g/mol. The monoisotopic (exact) mass is 281 g/mol. The van der Waals surface area contributed by atoms with E-state index in [4.69, 9.17) is 5.11 Å². The van der Waals surface area contributed by atoms with Gasteiger partial charge in [-0.2, -0.15) is 0 Å². The van der Waals surface area contributed by atoms with E-state index in [0.717, 1.165) is 38.0 Å². The summed E-state index contributed by atoms with van der Waals surface area (Å²) < 4.78 is 0. The number of nitrogens with zero attached hydrogens (tertiary/aromatic N) is 1. The summed E-state index contributed by atoms with van der Waals surface area (Å²) in [5.41, 5.74) is 4.32. The fourth-order valence-corrected chi connectivity index (χ4v) is 2.93. The zero-order valence-electron chi connectivity index (χ0n) is 12.0. The highest BCUT2D eigenvalue weighted by Gasteiger charge is 2.14. The minimum atomic E-state index is -0.861. The Morgan fingerprint density at radius 1 is 1.00 bits per heavy atom. The Labute approximate surface area is 124 Å². The summed E-state index contributed by atoms with van der Waals surface area (Å²) in [6.07, 6.45) is 2.13. The third kappa shape index (κ3) is 3.31. The van der Waals surface area contributed by atoms with Crippen LogP contribution in [-0.4, -0.2) is 29.1 Å². The second kappa shape index (κ2) is 6.10. The summed E-state index contributed by atoms with van der Waals surface area (Å²) in [6.45, 7) is 2.86. The second-order valence-corrected chi connectivity index (χ2v) is 5.55. The van der Waals surface area contributed by atoms with Crippen LogP contribution in [0, 0.1) is 0 Å². The Morgan fingerprint density at radius 3 is 2.29 bits per heavy atom. The maximum Gasteiger partial charge on any atom is 0.335 e. The number of aromatic carboxylic acids is 1. The van der Waals surface area contributed by atoms with Gasteiger partial charge in [-0.25, -0.2) is 4.79 Å². The van der Waals surface area contributed by atoms with E-state index >= 15 is 0 Å². The number of hydrogen-bond acceptors (Lipinski definition) is 2. The Bertz CT molecular complexity index is 624. The van der Waals surface area contributed by atoms with Gasteiger partial charge >= 0.3 is 5.97 Å². The number of fused-ring (bicyclic) bond motifs is 1. The molecule has 0 unspecified atom stereocenters. The lowest BCUT2D eigenvalue weighted by molar-refractivity contribution is 0.0696. The lowest BCUT2D eigenvalue weighted by Crippen LogP contribution is -2.26. The van der Waals surface area contributed by atoms with E-state index in [0.29, 0.717) is 5.56 Å². The fourth-order valence-electron chi connectivity index (χ4n) is 2.93. The number of carboxylic acids is 1. The van der Waals surface area contributed by atoms with Gasteiger partial charge in [-0.1, -0.05) is 36.4 Å². The summed E-state index contributed by atoms with van der Waals surface area (Å²) in [4.78, 5) is 13.4. The SMILES string of the molecule is O=C(O)c1cccc(CN2CCc3ccccc3CC2)c1. The van der Waals surface area contributed by atoms with Gasteiger partial charge in [0.05, 0.1) is 5.56 Å². The van der Waals surface area contributed by atoms with E-state index in [-0.39, 0.29) is 0 Å². The molecule has 21 heavy (non-hydrogen) atoms. The highest BCUT2D eigenvalue weighted by Crippen LogP contribution is 2.17. The molecule has 0 atom stereocenters. The topological polar surface area (TPSA) is 40.5 Å². The number of hydrogen-bond donors (Lipinski definition) is 1. The lowest BCUT2D eigenvalue weighted by atomic mass is 10.0. The molecule has 2 aromatic carbocycles. The molecule has 1 aliphatic rings. The fraction of sp³-hybridized carbons (Fsp3) is 0.278. The van der Waals surface area contributed by atoms with E-state index in [9.17, 15) is 4.79 Å². The zero-order chi connectivity index (χ0) is 14.7. The normalized spacial score (nSPS) is 15.2. The van der Waals surface area contributed by atoms with Crippen molar-refractivity contribution in [2.75, 3.05) is 13.1 Å². The van der Waals surface area contributed by atoms with E-state index in [1.165, 1.54) is 11.1 Å². The van der Waals surface area contributed by atoms with Crippen LogP contribution in [0.4, 0.5) is 0 Å². The first-order valence-electron chi connectivity index (χ1n) is 7.34. The zero-order valence-corrected chi connectivity index (χ0v) is 12.0. The van der Waals surface area contributed by atoms with Crippen LogP contribution in [0.15, 0.2) is 48.5 Å². The molecule has 0 amide bonds. The van der Waals surface area contributed by atoms with Crippen molar-refractivity contribution in [3.63, 3.8) is 0 Å². The standard InChI is InChI=1S/C18H19NO2/c20-18(21)17-7-3-4-14(12-17)13-19-10-8-15-5-1-2-6-16(15)9-11-19/h1-7,12H,8-11,13H2,(H,20,21). The van der Waals surface area contributed by atoms with Gasteiger partial charge in [-0.15, -0.1) is 0 Å². The van der Waals surface area contributed by atoms with Crippen molar-refractivity contribution in [3.8, 4) is 0 Å². The van der Waals surface area contributed by atoms with E-state index in [2.05, 4.69) is 29.2 Å². The molecule has 0 spiro atoms. The predicted molar refractivity (Wildman–Crippen MR) is 82.5 cm³/mol. The van der Waals surface area contributed by atoms with Gasteiger partial charge in [0.2, 0.25) is 0 Å². The minimum Gasteiger partial charge on any atom is -0.478 e. The molecule has 0 fully saturated rings. The molecule has 108 valence electrons. The highest BCUT2D eigenvalue weighted by molar-refractivity contribution is 5.87. The van der Waals surface area contributed by atoms with Gasteiger partial charge in [0.25, 0.3) is 0 Å². The van der Waals surface area contributed by atoms with Crippen LogP contribution in [0.3, 0.4) is 0 Å². The van der Waals surface area contributed by atoms with Crippen molar-refractivity contribution in [1.29, 1.82) is 0 Å². The number of rotatable bonds is 3. The first-order valence-corrected chi connectivity index (χ1v) is 7.34. The molecule has 0 aliphatic carbocycles. The predicted octanol–water partition coefficient (Wildman–Crippen LogP) is 2.99. The van der Waals surface area contributed by atoms with Crippen LogP contribution in [0.2, 0.25) is 0 Å². The van der Waals surface area contributed by atoms with Gasteiger partial charge in [0, 0.05) is 19.6 Å². The van der Waals surface area contributed by atoms with Gasteiger partial charge < -0.3 is 5.11 Å². The van der Waals surface area contributed by atoms with Crippen molar-refractivity contribution < 1.29 is 9.90 Å². The van der Waals surface area contributed by atoms with Crippen molar-refractivity contribution in [1.82, 2.24) is 4.90 Å². The largest absolute Gasteiger partial charge is 0.478 e. The Balaban J connectivity index is 1.70. The van der Waals surface area contributed by atoms with E-state index in [1.54, 1.807) is 12.1 Å². The van der Waals surface area contributed by atoms with Crippen LogP contribution >= 0.6 is 0 Å².